The third-order valence-electron chi connectivity index (χ3n) is 2.83. The molecule has 0 aromatic heterocycles. The van der Waals surface area contributed by atoms with Crippen molar-refractivity contribution in [2.75, 3.05) is 6.54 Å². The van der Waals surface area contributed by atoms with Crippen LogP contribution < -0.4 is 5.73 Å². The average molecular weight is 214 g/mol. The Labute approximate surface area is 89.2 Å². The summed E-state index contributed by atoms with van der Waals surface area (Å²) in [5.41, 5.74) is 5.63. The molecule has 0 bridgehead atoms. The van der Waals surface area contributed by atoms with E-state index in [2.05, 4.69) is 0 Å². The molecule has 0 unspecified atom stereocenters. The van der Waals surface area contributed by atoms with Crippen LogP contribution in [0.1, 0.15) is 32.6 Å². The van der Waals surface area contributed by atoms with Crippen LogP contribution in [0.25, 0.3) is 0 Å². The number of nitrogens with two attached hydrogens (primary N) is 1. The summed E-state index contributed by atoms with van der Waals surface area (Å²) in [7, 11) is 0. The lowest BCUT2D eigenvalue weighted by molar-refractivity contribution is -0.152. The summed E-state index contributed by atoms with van der Waals surface area (Å²) in [6.45, 7) is 2.34. The topological polar surface area (TPSA) is 83.6 Å². The standard InChI is InChI=1S/C10H18N2O3/c1-2-7(11)9(13)12-6-4-3-5-8(12)10(14)15/h7-8H,2-6,11H2,1H3,(H,14,15)/t7-,8-/m1/s1. The smallest absolute Gasteiger partial charge is 0.326 e. The van der Waals surface area contributed by atoms with Gasteiger partial charge in [-0.3, -0.25) is 4.79 Å². The predicted octanol–water partition coefficient (Wildman–Crippen LogP) is 0.189. The maximum atomic E-state index is 11.8. The zero-order chi connectivity index (χ0) is 11.4. The number of carboxylic acids is 1. The highest BCUT2D eigenvalue weighted by molar-refractivity contribution is 5.87. The Morgan fingerprint density at radius 1 is 1.53 bits per heavy atom. The quantitative estimate of drug-likeness (QED) is 0.702. The highest BCUT2D eigenvalue weighted by atomic mass is 16.4. The Kier molecular flexibility index (Phi) is 4.08. The first-order valence-electron chi connectivity index (χ1n) is 5.36. The summed E-state index contributed by atoms with van der Waals surface area (Å²) < 4.78 is 0. The van der Waals surface area contributed by atoms with Crippen molar-refractivity contribution in [2.45, 2.75) is 44.7 Å². The van der Waals surface area contributed by atoms with Crippen LogP contribution in [-0.2, 0) is 9.59 Å². The zero-order valence-electron chi connectivity index (χ0n) is 8.98. The van der Waals surface area contributed by atoms with Gasteiger partial charge in [-0.2, -0.15) is 0 Å². The minimum absolute atomic E-state index is 0.232. The van der Waals surface area contributed by atoms with E-state index in [1.54, 1.807) is 0 Å². The van der Waals surface area contributed by atoms with Crippen molar-refractivity contribution >= 4 is 11.9 Å². The number of carbonyl (C=O) groups is 2. The van der Waals surface area contributed by atoms with Crippen LogP contribution in [0.4, 0.5) is 0 Å². The molecule has 86 valence electrons. The maximum Gasteiger partial charge on any atom is 0.326 e. The Bertz CT molecular complexity index is 255. The molecule has 1 rings (SSSR count). The first kappa shape index (κ1) is 12.0. The van der Waals surface area contributed by atoms with Crippen molar-refractivity contribution in [1.29, 1.82) is 0 Å². The van der Waals surface area contributed by atoms with E-state index in [0.29, 0.717) is 19.4 Å². The van der Waals surface area contributed by atoms with E-state index in [4.69, 9.17) is 10.8 Å². The molecule has 0 saturated carbocycles. The molecule has 1 aliphatic heterocycles. The lowest BCUT2D eigenvalue weighted by Crippen LogP contribution is -2.53. The van der Waals surface area contributed by atoms with Crippen molar-refractivity contribution in [2.24, 2.45) is 5.73 Å². The number of hydrogen-bond acceptors (Lipinski definition) is 3. The molecule has 0 spiro atoms. The molecular formula is C10H18N2O3. The maximum absolute atomic E-state index is 11.8. The van der Waals surface area contributed by atoms with E-state index in [9.17, 15) is 9.59 Å². The second kappa shape index (κ2) is 5.11. The highest BCUT2D eigenvalue weighted by Gasteiger charge is 2.33. The van der Waals surface area contributed by atoms with Crippen LogP contribution >= 0.6 is 0 Å². The number of nitrogens with zero attached hydrogens (tertiary/aromatic N) is 1. The van der Waals surface area contributed by atoms with Crippen LogP contribution in [-0.4, -0.2) is 40.5 Å². The monoisotopic (exact) mass is 214 g/mol. The van der Waals surface area contributed by atoms with Gasteiger partial charge in [-0.15, -0.1) is 0 Å². The lowest BCUT2D eigenvalue weighted by Gasteiger charge is -2.34. The van der Waals surface area contributed by atoms with Crippen LogP contribution in [0.2, 0.25) is 0 Å². The Morgan fingerprint density at radius 3 is 2.73 bits per heavy atom. The van der Waals surface area contributed by atoms with Gasteiger partial charge in [-0.25, -0.2) is 4.79 Å². The fourth-order valence-corrected chi connectivity index (χ4v) is 1.84. The van der Waals surface area contributed by atoms with Crippen molar-refractivity contribution in [3.05, 3.63) is 0 Å². The molecule has 0 aromatic rings. The Hall–Kier alpha value is -1.10. The van der Waals surface area contributed by atoms with E-state index in [1.165, 1.54) is 4.90 Å². The van der Waals surface area contributed by atoms with Gasteiger partial charge in [0.25, 0.3) is 0 Å². The van der Waals surface area contributed by atoms with E-state index < -0.39 is 18.1 Å². The normalized spacial score (nSPS) is 23.6. The molecule has 1 amide bonds. The number of likely N-dealkylation sites (tertiary alicyclic amines) is 1. The Balaban J connectivity index is 2.71. The molecule has 1 aliphatic rings. The fraction of sp³-hybridized carbons (Fsp3) is 0.800. The molecule has 0 aromatic carbocycles. The van der Waals surface area contributed by atoms with E-state index in [1.807, 2.05) is 6.92 Å². The summed E-state index contributed by atoms with van der Waals surface area (Å²) >= 11 is 0. The summed E-state index contributed by atoms with van der Waals surface area (Å²) in [6, 6.07) is -1.24. The molecule has 1 fully saturated rings. The predicted molar refractivity (Wildman–Crippen MR) is 55.3 cm³/mol. The zero-order valence-corrected chi connectivity index (χ0v) is 8.98. The van der Waals surface area contributed by atoms with Gasteiger partial charge in [-0.1, -0.05) is 6.92 Å². The van der Waals surface area contributed by atoms with Crippen molar-refractivity contribution in [1.82, 2.24) is 4.90 Å². The number of carboxylic acid groups (broad SMARTS) is 1. The van der Waals surface area contributed by atoms with Gasteiger partial charge in [0.2, 0.25) is 5.91 Å². The van der Waals surface area contributed by atoms with Crippen molar-refractivity contribution < 1.29 is 14.7 Å². The van der Waals surface area contributed by atoms with Crippen LogP contribution in [0.3, 0.4) is 0 Å². The van der Waals surface area contributed by atoms with Crippen LogP contribution in [0.5, 0.6) is 0 Å². The second-order valence-electron chi connectivity index (χ2n) is 3.90. The average Bonchev–Trinajstić information content (AvgIpc) is 2.27. The molecule has 0 radical (unpaired) electrons. The van der Waals surface area contributed by atoms with Gasteiger partial charge in [0.15, 0.2) is 0 Å². The van der Waals surface area contributed by atoms with Gasteiger partial charge in [-0.05, 0) is 25.7 Å². The number of aliphatic carboxylic acids is 1. The van der Waals surface area contributed by atoms with Crippen molar-refractivity contribution in [3.8, 4) is 0 Å². The second-order valence-corrected chi connectivity index (χ2v) is 3.90. The van der Waals surface area contributed by atoms with Crippen molar-refractivity contribution in [3.63, 3.8) is 0 Å². The molecule has 2 atom stereocenters. The van der Waals surface area contributed by atoms with Crippen LogP contribution in [0, 0.1) is 0 Å². The SMILES string of the molecule is CC[C@@H](N)C(=O)N1CCCC[C@@H]1C(=O)O. The molecule has 1 saturated heterocycles. The number of rotatable bonds is 3. The van der Waals surface area contributed by atoms with Gasteiger partial charge in [0.05, 0.1) is 6.04 Å². The van der Waals surface area contributed by atoms with E-state index >= 15 is 0 Å². The van der Waals surface area contributed by atoms with Gasteiger partial charge >= 0.3 is 5.97 Å². The minimum atomic E-state index is -0.925. The molecule has 3 N–H and O–H groups in total. The fourth-order valence-electron chi connectivity index (χ4n) is 1.84. The molecule has 5 heteroatoms. The molecule has 1 heterocycles. The van der Waals surface area contributed by atoms with Gasteiger partial charge < -0.3 is 15.7 Å². The number of piperidine rings is 1. The minimum Gasteiger partial charge on any atom is -0.480 e. The third kappa shape index (κ3) is 2.68. The van der Waals surface area contributed by atoms with Crippen LogP contribution in [0.15, 0.2) is 0 Å². The summed E-state index contributed by atoms with van der Waals surface area (Å²) in [4.78, 5) is 24.1. The summed E-state index contributed by atoms with van der Waals surface area (Å²) in [6.07, 6.45) is 2.81. The molecule has 0 aliphatic carbocycles. The number of carbonyl (C=O) groups excluding carboxylic acids is 1. The third-order valence-corrected chi connectivity index (χ3v) is 2.83. The molecule has 15 heavy (non-hydrogen) atoms. The summed E-state index contributed by atoms with van der Waals surface area (Å²) in [5.74, 6) is -1.16. The number of hydrogen-bond donors (Lipinski definition) is 2. The van der Waals surface area contributed by atoms with E-state index in [0.717, 1.165) is 12.8 Å². The number of amides is 1. The molecular weight excluding hydrogens is 196 g/mol. The first-order valence-corrected chi connectivity index (χ1v) is 5.36. The van der Waals surface area contributed by atoms with Gasteiger partial charge in [0.1, 0.15) is 6.04 Å². The lowest BCUT2D eigenvalue weighted by atomic mass is 10.0. The first-order chi connectivity index (χ1) is 7.07. The highest BCUT2D eigenvalue weighted by Crippen LogP contribution is 2.18. The van der Waals surface area contributed by atoms with Gasteiger partial charge in [0, 0.05) is 6.54 Å². The largest absolute Gasteiger partial charge is 0.480 e. The molecule has 5 nitrogen and oxygen atoms in total. The Morgan fingerprint density at radius 2 is 2.20 bits per heavy atom. The summed E-state index contributed by atoms with van der Waals surface area (Å²) in [5, 5.41) is 8.98. The van der Waals surface area contributed by atoms with E-state index in [-0.39, 0.29) is 5.91 Å².